The third-order valence-corrected chi connectivity index (χ3v) is 4.12. The molecule has 0 saturated heterocycles. The van der Waals surface area contributed by atoms with Crippen LogP contribution in [0.25, 0.3) is 0 Å². The third-order valence-electron chi connectivity index (χ3n) is 2.81. The smallest absolute Gasteiger partial charge is 0.224 e. The molecule has 0 aromatic heterocycles. The van der Waals surface area contributed by atoms with Crippen molar-refractivity contribution in [2.45, 2.75) is 17.7 Å². The summed E-state index contributed by atoms with van der Waals surface area (Å²) in [6, 6.07) is 14.9. The summed E-state index contributed by atoms with van der Waals surface area (Å²) < 4.78 is 0. The number of hydrogen-bond donors (Lipinski definition) is 2. The van der Waals surface area contributed by atoms with E-state index >= 15 is 0 Å². The van der Waals surface area contributed by atoms with E-state index in [0.29, 0.717) is 12.1 Å². The fourth-order valence-corrected chi connectivity index (χ4v) is 2.93. The Kier molecular flexibility index (Phi) is 5.96. The van der Waals surface area contributed by atoms with Gasteiger partial charge < -0.3 is 11.1 Å². The number of carbonyl (C=O) groups excluding carboxylic acids is 1. The van der Waals surface area contributed by atoms with Crippen LogP contribution in [0.5, 0.6) is 0 Å². The highest BCUT2D eigenvalue weighted by Gasteiger charge is 2.03. The monoisotopic (exact) mass is 320 g/mol. The van der Waals surface area contributed by atoms with Gasteiger partial charge in [0.1, 0.15) is 0 Å². The minimum Gasteiger partial charge on any atom is -0.399 e. The van der Waals surface area contributed by atoms with E-state index in [1.165, 1.54) is 0 Å². The molecule has 2 aromatic carbocycles. The van der Waals surface area contributed by atoms with Gasteiger partial charge in [-0.15, -0.1) is 11.8 Å². The lowest BCUT2D eigenvalue weighted by molar-refractivity contribution is -0.116. The molecule has 2 aromatic rings. The zero-order chi connectivity index (χ0) is 15.1. The van der Waals surface area contributed by atoms with Gasteiger partial charge >= 0.3 is 0 Å². The van der Waals surface area contributed by atoms with Crippen molar-refractivity contribution >= 4 is 40.6 Å². The van der Waals surface area contributed by atoms with Gasteiger partial charge in [-0.1, -0.05) is 17.7 Å². The van der Waals surface area contributed by atoms with Crippen molar-refractivity contribution in [3.8, 4) is 0 Å². The summed E-state index contributed by atoms with van der Waals surface area (Å²) in [6.07, 6.45) is 1.32. The Labute approximate surface area is 133 Å². The molecule has 0 saturated carbocycles. The molecule has 3 N–H and O–H groups in total. The standard InChI is InChI=1S/C16H17ClN2OS/c17-12-3-1-4-15(11-12)21-10-2-5-16(20)19-14-8-6-13(18)7-9-14/h1,3-4,6-9,11H,2,5,10,18H2,(H,19,20). The number of halogens is 1. The minimum absolute atomic E-state index is 0.0199. The normalized spacial score (nSPS) is 10.3. The summed E-state index contributed by atoms with van der Waals surface area (Å²) in [5, 5.41) is 3.59. The Morgan fingerprint density at radius 2 is 1.95 bits per heavy atom. The highest BCUT2D eigenvalue weighted by atomic mass is 35.5. The molecule has 3 nitrogen and oxygen atoms in total. The number of nitrogens with one attached hydrogen (secondary N) is 1. The van der Waals surface area contributed by atoms with Crippen molar-refractivity contribution in [1.82, 2.24) is 0 Å². The summed E-state index contributed by atoms with van der Waals surface area (Å²) in [7, 11) is 0. The number of anilines is 2. The molecule has 110 valence electrons. The third kappa shape index (κ3) is 5.69. The molecule has 0 bridgehead atoms. The van der Waals surface area contributed by atoms with Gasteiger partial charge in [0.05, 0.1) is 0 Å². The van der Waals surface area contributed by atoms with Crippen LogP contribution in [0.15, 0.2) is 53.4 Å². The SMILES string of the molecule is Nc1ccc(NC(=O)CCCSc2cccc(Cl)c2)cc1. The van der Waals surface area contributed by atoms with E-state index in [-0.39, 0.29) is 5.91 Å². The van der Waals surface area contributed by atoms with Crippen molar-refractivity contribution in [3.63, 3.8) is 0 Å². The first-order valence-electron chi connectivity index (χ1n) is 6.67. The lowest BCUT2D eigenvalue weighted by Gasteiger charge is -2.05. The average Bonchev–Trinajstić information content (AvgIpc) is 2.46. The molecule has 0 aliphatic carbocycles. The maximum absolute atomic E-state index is 11.8. The van der Waals surface area contributed by atoms with Gasteiger partial charge in [-0.2, -0.15) is 0 Å². The number of carbonyl (C=O) groups is 1. The Bertz CT molecular complexity index is 601. The summed E-state index contributed by atoms with van der Waals surface area (Å²) in [5.74, 6) is 0.904. The molecule has 0 heterocycles. The molecular weight excluding hydrogens is 304 g/mol. The Hall–Kier alpha value is -1.65. The topological polar surface area (TPSA) is 55.1 Å². The predicted octanol–water partition coefficient (Wildman–Crippen LogP) is 4.43. The van der Waals surface area contributed by atoms with E-state index in [1.807, 2.05) is 24.3 Å². The molecule has 2 rings (SSSR count). The lowest BCUT2D eigenvalue weighted by Crippen LogP contribution is -2.11. The minimum atomic E-state index is 0.0199. The van der Waals surface area contributed by atoms with Crippen molar-refractivity contribution in [1.29, 1.82) is 0 Å². The van der Waals surface area contributed by atoms with Crippen LogP contribution in [0, 0.1) is 0 Å². The van der Waals surface area contributed by atoms with Crippen LogP contribution in [-0.2, 0) is 4.79 Å². The highest BCUT2D eigenvalue weighted by Crippen LogP contribution is 2.22. The van der Waals surface area contributed by atoms with E-state index < -0.39 is 0 Å². The molecule has 0 unspecified atom stereocenters. The fraction of sp³-hybridized carbons (Fsp3) is 0.188. The molecule has 0 atom stereocenters. The van der Waals surface area contributed by atoms with Crippen LogP contribution in [0.1, 0.15) is 12.8 Å². The zero-order valence-electron chi connectivity index (χ0n) is 11.5. The van der Waals surface area contributed by atoms with E-state index in [9.17, 15) is 4.79 Å². The quantitative estimate of drug-likeness (QED) is 0.470. The summed E-state index contributed by atoms with van der Waals surface area (Å²) in [4.78, 5) is 12.9. The Balaban J connectivity index is 1.68. The molecule has 0 spiro atoms. The van der Waals surface area contributed by atoms with Crippen molar-refractivity contribution in [3.05, 3.63) is 53.6 Å². The first-order valence-corrected chi connectivity index (χ1v) is 8.03. The molecule has 0 aliphatic heterocycles. The predicted molar refractivity (Wildman–Crippen MR) is 90.9 cm³/mol. The number of nitrogen functional groups attached to an aromatic ring is 1. The molecule has 0 fully saturated rings. The second-order valence-electron chi connectivity index (χ2n) is 4.58. The number of nitrogens with two attached hydrogens (primary N) is 1. The van der Waals surface area contributed by atoms with Crippen molar-refractivity contribution < 1.29 is 4.79 Å². The first-order chi connectivity index (χ1) is 10.1. The van der Waals surface area contributed by atoms with Crippen LogP contribution in [0.3, 0.4) is 0 Å². The van der Waals surface area contributed by atoms with Gasteiger partial charge in [0.15, 0.2) is 0 Å². The lowest BCUT2D eigenvalue weighted by atomic mass is 10.2. The highest BCUT2D eigenvalue weighted by molar-refractivity contribution is 7.99. The van der Waals surface area contributed by atoms with Gasteiger partial charge in [-0.3, -0.25) is 4.79 Å². The first kappa shape index (κ1) is 15.7. The van der Waals surface area contributed by atoms with Crippen molar-refractivity contribution in [2.24, 2.45) is 0 Å². The number of thioether (sulfide) groups is 1. The number of benzene rings is 2. The van der Waals surface area contributed by atoms with Gasteiger partial charge in [0.25, 0.3) is 0 Å². The number of amides is 1. The molecule has 1 amide bonds. The fourth-order valence-electron chi connectivity index (χ4n) is 1.77. The van der Waals surface area contributed by atoms with Crippen molar-refractivity contribution in [2.75, 3.05) is 16.8 Å². The van der Waals surface area contributed by atoms with E-state index in [4.69, 9.17) is 17.3 Å². The van der Waals surface area contributed by atoms with Gasteiger partial charge in [0, 0.05) is 27.7 Å². The number of hydrogen-bond acceptors (Lipinski definition) is 3. The maximum atomic E-state index is 11.8. The van der Waals surface area contributed by atoms with Crippen LogP contribution in [0.4, 0.5) is 11.4 Å². The second-order valence-corrected chi connectivity index (χ2v) is 6.18. The van der Waals surface area contributed by atoms with Gasteiger partial charge in [-0.25, -0.2) is 0 Å². The molecule has 21 heavy (non-hydrogen) atoms. The van der Waals surface area contributed by atoms with E-state index in [2.05, 4.69) is 5.32 Å². The second kappa shape index (κ2) is 7.96. The molecular formula is C16H17ClN2OS. The summed E-state index contributed by atoms with van der Waals surface area (Å²) >= 11 is 7.63. The summed E-state index contributed by atoms with van der Waals surface area (Å²) in [6.45, 7) is 0. The number of rotatable bonds is 6. The average molecular weight is 321 g/mol. The largest absolute Gasteiger partial charge is 0.399 e. The van der Waals surface area contributed by atoms with Crippen LogP contribution >= 0.6 is 23.4 Å². The Morgan fingerprint density at radius 3 is 2.67 bits per heavy atom. The molecule has 5 heteroatoms. The molecule has 0 radical (unpaired) electrons. The maximum Gasteiger partial charge on any atom is 0.224 e. The van der Waals surface area contributed by atoms with Crippen LogP contribution in [0.2, 0.25) is 5.02 Å². The zero-order valence-corrected chi connectivity index (χ0v) is 13.1. The van der Waals surface area contributed by atoms with Gasteiger partial charge in [0.2, 0.25) is 5.91 Å². The van der Waals surface area contributed by atoms with E-state index in [1.54, 1.807) is 36.0 Å². The Morgan fingerprint density at radius 1 is 1.19 bits per heavy atom. The molecule has 0 aliphatic rings. The van der Waals surface area contributed by atoms with Gasteiger partial charge in [-0.05, 0) is 54.6 Å². The van der Waals surface area contributed by atoms with E-state index in [0.717, 1.165) is 27.8 Å². The summed E-state index contributed by atoms with van der Waals surface area (Å²) in [5.41, 5.74) is 7.06. The van der Waals surface area contributed by atoms with Crippen LogP contribution < -0.4 is 11.1 Å². The van der Waals surface area contributed by atoms with Crippen LogP contribution in [-0.4, -0.2) is 11.7 Å².